The van der Waals surface area contributed by atoms with E-state index in [1.165, 1.54) is 5.56 Å². The second-order valence-corrected chi connectivity index (χ2v) is 4.99. The van der Waals surface area contributed by atoms with Crippen LogP contribution in [0.15, 0.2) is 34.5 Å². The van der Waals surface area contributed by atoms with Gasteiger partial charge in [0.25, 0.3) is 0 Å². The number of hydrogen-bond acceptors (Lipinski definition) is 2. The number of rotatable bonds is 2. The second-order valence-electron chi connectivity index (χ2n) is 4.08. The number of aryl methyl sites for hydroxylation is 1. The van der Waals surface area contributed by atoms with Gasteiger partial charge in [-0.2, -0.15) is 0 Å². The maximum Gasteiger partial charge on any atom is 0.113 e. The Bertz CT molecular complexity index is 414. The number of benzene rings is 1. The molecule has 0 spiro atoms. The zero-order valence-corrected chi connectivity index (χ0v) is 11.0. The zero-order valence-electron chi connectivity index (χ0n) is 9.37. The predicted molar refractivity (Wildman–Crippen MR) is 69.1 cm³/mol. The number of hydrogen-bond donors (Lipinski definition) is 1. The maximum absolute atomic E-state index is 6.23. The van der Waals surface area contributed by atoms with Crippen molar-refractivity contribution in [2.45, 2.75) is 25.8 Å². The Labute approximate surface area is 105 Å². The quantitative estimate of drug-likeness (QED) is 0.901. The minimum absolute atomic E-state index is 0.141. The van der Waals surface area contributed by atoms with Crippen molar-refractivity contribution < 1.29 is 4.74 Å². The minimum atomic E-state index is -0.141. The number of ether oxygens (including phenoxy) is 1. The summed E-state index contributed by atoms with van der Waals surface area (Å²) in [6.45, 7) is 2.86. The highest BCUT2D eigenvalue weighted by atomic mass is 79.9. The third-order valence-electron chi connectivity index (χ3n) is 2.85. The van der Waals surface area contributed by atoms with Crippen LogP contribution in [0.4, 0.5) is 0 Å². The molecule has 2 rings (SSSR count). The van der Waals surface area contributed by atoms with E-state index in [9.17, 15) is 0 Å². The van der Waals surface area contributed by atoms with Crippen molar-refractivity contribution in [1.82, 2.24) is 0 Å². The van der Waals surface area contributed by atoms with Crippen LogP contribution >= 0.6 is 15.9 Å². The molecule has 0 radical (unpaired) electrons. The Morgan fingerprint density at radius 2 is 2.25 bits per heavy atom. The van der Waals surface area contributed by atoms with Crippen LogP contribution in [0.5, 0.6) is 0 Å². The number of nitrogens with two attached hydrogens (primary N) is 1. The molecular formula is C13H16BrNO. The van der Waals surface area contributed by atoms with Crippen molar-refractivity contribution in [2.75, 3.05) is 6.61 Å². The average molecular weight is 282 g/mol. The van der Waals surface area contributed by atoms with Gasteiger partial charge < -0.3 is 10.5 Å². The molecule has 1 atom stereocenters. The predicted octanol–water partition coefficient (Wildman–Crippen LogP) is 3.45. The van der Waals surface area contributed by atoms with Crippen molar-refractivity contribution in [3.8, 4) is 0 Å². The number of halogens is 1. The normalized spacial score (nSPS) is 17.6. The van der Waals surface area contributed by atoms with Crippen molar-refractivity contribution >= 4 is 15.9 Å². The zero-order chi connectivity index (χ0) is 11.5. The topological polar surface area (TPSA) is 35.2 Å². The van der Waals surface area contributed by atoms with Gasteiger partial charge in [-0.05, 0) is 49.1 Å². The molecule has 1 aliphatic rings. The van der Waals surface area contributed by atoms with Crippen LogP contribution in [0.3, 0.4) is 0 Å². The lowest BCUT2D eigenvalue weighted by Gasteiger charge is -2.22. The first-order valence-corrected chi connectivity index (χ1v) is 6.32. The first-order chi connectivity index (χ1) is 7.68. The van der Waals surface area contributed by atoms with E-state index in [1.54, 1.807) is 0 Å². The fourth-order valence-corrected chi connectivity index (χ4v) is 2.27. The first-order valence-electron chi connectivity index (χ1n) is 5.53. The summed E-state index contributed by atoms with van der Waals surface area (Å²) in [7, 11) is 0. The van der Waals surface area contributed by atoms with Crippen LogP contribution in [-0.4, -0.2) is 6.61 Å². The van der Waals surface area contributed by atoms with Crippen LogP contribution in [0.1, 0.15) is 30.0 Å². The molecule has 3 heteroatoms. The molecule has 0 aromatic heterocycles. The molecule has 2 nitrogen and oxygen atoms in total. The molecule has 1 unspecified atom stereocenters. The second kappa shape index (κ2) is 5.02. The van der Waals surface area contributed by atoms with Crippen molar-refractivity contribution in [3.05, 3.63) is 45.6 Å². The summed E-state index contributed by atoms with van der Waals surface area (Å²) < 4.78 is 6.67. The summed E-state index contributed by atoms with van der Waals surface area (Å²) in [6.07, 6.45) is 4.26. The molecule has 0 aliphatic carbocycles. The molecule has 86 valence electrons. The Kier molecular flexibility index (Phi) is 3.66. The molecule has 0 saturated carbocycles. The fourth-order valence-electron chi connectivity index (χ4n) is 1.89. The van der Waals surface area contributed by atoms with Gasteiger partial charge in [0.2, 0.25) is 0 Å². The summed E-state index contributed by atoms with van der Waals surface area (Å²) in [6, 6.07) is 6.03. The van der Waals surface area contributed by atoms with Gasteiger partial charge in [-0.1, -0.05) is 22.0 Å². The lowest BCUT2D eigenvalue weighted by Crippen LogP contribution is -2.18. The van der Waals surface area contributed by atoms with Gasteiger partial charge in [-0.25, -0.2) is 0 Å². The van der Waals surface area contributed by atoms with E-state index in [1.807, 2.05) is 6.07 Å². The van der Waals surface area contributed by atoms with Crippen LogP contribution in [0.25, 0.3) is 0 Å². The third-order valence-corrected chi connectivity index (χ3v) is 3.34. The lowest BCUT2D eigenvalue weighted by molar-refractivity contribution is 0.175. The van der Waals surface area contributed by atoms with Crippen LogP contribution in [-0.2, 0) is 4.74 Å². The molecular weight excluding hydrogens is 266 g/mol. The standard InChI is InChI=1S/C13H16BrNO/c1-9-5-6-10(14)8-11(9)13(15)12-4-2-3-7-16-12/h4-6,8,13H,2-3,7,15H2,1H3. The van der Waals surface area contributed by atoms with Gasteiger partial charge in [0.05, 0.1) is 12.6 Å². The highest BCUT2D eigenvalue weighted by molar-refractivity contribution is 9.10. The molecule has 16 heavy (non-hydrogen) atoms. The van der Waals surface area contributed by atoms with E-state index in [-0.39, 0.29) is 6.04 Å². The van der Waals surface area contributed by atoms with Crippen LogP contribution < -0.4 is 5.73 Å². The summed E-state index contributed by atoms with van der Waals surface area (Å²) >= 11 is 3.47. The smallest absolute Gasteiger partial charge is 0.113 e. The van der Waals surface area contributed by atoms with Gasteiger partial charge in [0.15, 0.2) is 0 Å². The monoisotopic (exact) mass is 281 g/mol. The summed E-state index contributed by atoms with van der Waals surface area (Å²) in [5, 5.41) is 0. The molecule has 0 amide bonds. The van der Waals surface area contributed by atoms with Gasteiger partial charge in [0, 0.05) is 4.47 Å². The van der Waals surface area contributed by atoms with Crippen molar-refractivity contribution in [2.24, 2.45) is 5.73 Å². The van der Waals surface area contributed by atoms with Crippen LogP contribution in [0, 0.1) is 6.92 Å². The third kappa shape index (κ3) is 2.47. The summed E-state index contributed by atoms with van der Waals surface area (Å²) in [4.78, 5) is 0. The average Bonchev–Trinajstić information content (AvgIpc) is 2.32. The van der Waals surface area contributed by atoms with E-state index in [2.05, 4.69) is 41.1 Å². The molecule has 0 fully saturated rings. The Morgan fingerprint density at radius 1 is 1.44 bits per heavy atom. The molecule has 1 aliphatic heterocycles. The van der Waals surface area contributed by atoms with Crippen LogP contribution in [0.2, 0.25) is 0 Å². The Hall–Kier alpha value is -0.800. The SMILES string of the molecule is Cc1ccc(Br)cc1C(N)C1=CCCCO1. The largest absolute Gasteiger partial charge is 0.496 e. The van der Waals surface area contributed by atoms with E-state index in [0.717, 1.165) is 35.2 Å². The molecule has 1 aromatic carbocycles. The molecule has 1 aromatic rings. The Balaban J connectivity index is 2.29. The summed E-state index contributed by atoms with van der Waals surface area (Å²) in [5.74, 6) is 0.910. The lowest BCUT2D eigenvalue weighted by atomic mass is 9.99. The highest BCUT2D eigenvalue weighted by Crippen LogP contribution is 2.28. The molecule has 0 bridgehead atoms. The van der Waals surface area contributed by atoms with E-state index in [4.69, 9.17) is 10.5 Å². The van der Waals surface area contributed by atoms with E-state index in [0.29, 0.717) is 0 Å². The van der Waals surface area contributed by atoms with Gasteiger partial charge in [0.1, 0.15) is 5.76 Å². The van der Waals surface area contributed by atoms with E-state index < -0.39 is 0 Å². The Morgan fingerprint density at radius 3 is 2.94 bits per heavy atom. The van der Waals surface area contributed by atoms with E-state index >= 15 is 0 Å². The molecule has 2 N–H and O–H groups in total. The minimum Gasteiger partial charge on any atom is -0.496 e. The van der Waals surface area contributed by atoms with Gasteiger partial charge in [-0.15, -0.1) is 0 Å². The van der Waals surface area contributed by atoms with Gasteiger partial charge in [-0.3, -0.25) is 0 Å². The van der Waals surface area contributed by atoms with Crippen molar-refractivity contribution in [3.63, 3.8) is 0 Å². The fraction of sp³-hybridized carbons (Fsp3) is 0.385. The van der Waals surface area contributed by atoms with Crippen molar-refractivity contribution in [1.29, 1.82) is 0 Å². The molecule has 0 saturated heterocycles. The highest BCUT2D eigenvalue weighted by Gasteiger charge is 2.17. The number of allylic oxidation sites excluding steroid dienone is 1. The van der Waals surface area contributed by atoms with Gasteiger partial charge >= 0.3 is 0 Å². The summed E-state index contributed by atoms with van der Waals surface area (Å²) in [5.41, 5.74) is 8.55. The first kappa shape index (κ1) is 11.7. The molecule has 1 heterocycles. The maximum atomic E-state index is 6.23.